The predicted octanol–water partition coefficient (Wildman–Crippen LogP) is 4.67. The van der Waals surface area contributed by atoms with Crippen LogP contribution in [0.25, 0.3) is 0 Å². The molecule has 0 aromatic heterocycles. The van der Waals surface area contributed by atoms with Crippen molar-refractivity contribution in [3.05, 3.63) is 58.7 Å². The van der Waals surface area contributed by atoms with E-state index in [-0.39, 0.29) is 5.56 Å². The van der Waals surface area contributed by atoms with Crippen LogP contribution in [-0.2, 0) is 6.61 Å². The second kappa shape index (κ2) is 8.06. The fraction of sp³-hybridized carbons (Fsp3) is 0.381. The maximum atomic E-state index is 10.9. The summed E-state index contributed by atoms with van der Waals surface area (Å²) in [4.78, 5) is 13.2. The maximum absolute atomic E-state index is 10.9. The second-order valence-corrected chi connectivity index (χ2v) is 6.97. The van der Waals surface area contributed by atoms with Gasteiger partial charge in [-0.3, -0.25) is 0 Å². The molecule has 134 valence electrons. The first-order chi connectivity index (χ1) is 11.8. The highest BCUT2D eigenvalue weighted by molar-refractivity contribution is 5.87. The number of aryl methyl sites for hydroxylation is 2. The number of hydrogen-bond acceptors (Lipinski definition) is 3. The molecule has 2 aromatic carbocycles. The lowest BCUT2D eigenvalue weighted by atomic mass is 10.1. The number of ether oxygens (including phenoxy) is 1. The van der Waals surface area contributed by atoms with E-state index in [0.29, 0.717) is 12.5 Å². The van der Waals surface area contributed by atoms with E-state index in [2.05, 4.69) is 51.8 Å². The molecular weight excluding hydrogens is 314 g/mol. The number of benzene rings is 2. The summed E-state index contributed by atoms with van der Waals surface area (Å²) in [6, 6.07) is 11.0. The van der Waals surface area contributed by atoms with Gasteiger partial charge in [-0.25, -0.2) is 4.79 Å². The first-order valence-corrected chi connectivity index (χ1v) is 8.55. The summed E-state index contributed by atoms with van der Waals surface area (Å²) in [6.45, 7) is 9.94. The van der Waals surface area contributed by atoms with Crippen LogP contribution in [-0.4, -0.2) is 24.7 Å². The normalized spacial score (nSPS) is 10.8. The van der Waals surface area contributed by atoms with Gasteiger partial charge in [-0.15, -0.1) is 0 Å². The molecule has 0 radical (unpaired) electrons. The average Bonchev–Trinajstić information content (AvgIpc) is 2.55. The van der Waals surface area contributed by atoms with Crippen LogP contribution >= 0.6 is 0 Å². The summed E-state index contributed by atoms with van der Waals surface area (Å²) < 4.78 is 6.07. The molecule has 4 nitrogen and oxygen atoms in total. The molecule has 2 rings (SSSR count). The monoisotopic (exact) mass is 341 g/mol. The first kappa shape index (κ1) is 18.8. The molecule has 0 bridgehead atoms. The van der Waals surface area contributed by atoms with Crippen LogP contribution in [0.15, 0.2) is 36.4 Å². The van der Waals surface area contributed by atoms with Gasteiger partial charge >= 0.3 is 5.97 Å². The van der Waals surface area contributed by atoms with Gasteiger partial charge in [-0.1, -0.05) is 26.0 Å². The number of carboxylic acid groups (broad SMARTS) is 1. The van der Waals surface area contributed by atoms with Gasteiger partial charge in [0.05, 0.1) is 11.3 Å². The Hall–Kier alpha value is -2.49. The number of rotatable bonds is 7. The fourth-order valence-corrected chi connectivity index (χ4v) is 2.74. The Morgan fingerprint density at radius 3 is 2.28 bits per heavy atom. The van der Waals surface area contributed by atoms with E-state index in [1.165, 1.54) is 11.1 Å². The molecular formula is C21H27NO3. The third kappa shape index (κ3) is 4.99. The highest BCUT2D eigenvalue weighted by Gasteiger charge is 2.13. The minimum Gasteiger partial charge on any atom is -0.487 e. The Bertz CT molecular complexity index is 736. The molecule has 0 heterocycles. The Balaban J connectivity index is 2.19. The van der Waals surface area contributed by atoms with Crippen LogP contribution in [0.4, 0.5) is 5.69 Å². The molecule has 0 atom stereocenters. The molecule has 0 aliphatic carbocycles. The summed E-state index contributed by atoms with van der Waals surface area (Å²) in [5.74, 6) is 0.496. The predicted molar refractivity (Wildman–Crippen MR) is 102 cm³/mol. The molecule has 0 unspecified atom stereocenters. The van der Waals surface area contributed by atoms with Crippen LogP contribution in [0.1, 0.15) is 40.9 Å². The molecule has 0 spiro atoms. The van der Waals surface area contributed by atoms with Gasteiger partial charge in [0.2, 0.25) is 0 Å². The van der Waals surface area contributed by atoms with E-state index < -0.39 is 5.97 Å². The molecule has 25 heavy (non-hydrogen) atoms. The van der Waals surface area contributed by atoms with E-state index >= 15 is 0 Å². The standard InChI is InChI=1S/C21H27NO3/c1-14(2)12-22(5)19-10-15(3)16(4)11-20(19)25-13-17-6-8-18(9-7-17)21(23)24/h6-11,14H,12-13H2,1-5H3,(H,23,24). The lowest BCUT2D eigenvalue weighted by Crippen LogP contribution is -2.23. The van der Waals surface area contributed by atoms with Crippen molar-refractivity contribution in [2.45, 2.75) is 34.3 Å². The molecule has 2 aromatic rings. The number of carbonyl (C=O) groups is 1. The highest BCUT2D eigenvalue weighted by atomic mass is 16.5. The van der Waals surface area contributed by atoms with Crippen molar-refractivity contribution < 1.29 is 14.6 Å². The zero-order valence-electron chi connectivity index (χ0n) is 15.7. The Labute approximate surface area is 150 Å². The van der Waals surface area contributed by atoms with Crippen molar-refractivity contribution in [3.63, 3.8) is 0 Å². The number of nitrogens with zero attached hydrogens (tertiary/aromatic N) is 1. The molecule has 0 amide bonds. The molecule has 0 saturated heterocycles. The smallest absolute Gasteiger partial charge is 0.335 e. The van der Waals surface area contributed by atoms with Gasteiger partial charge < -0.3 is 14.7 Å². The molecule has 0 fully saturated rings. The van der Waals surface area contributed by atoms with Crippen molar-refractivity contribution >= 4 is 11.7 Å². The molecule has 0 saturated carbocycles. The third-order valence-corrected chi connectivity index (χ3v) is 4.22. The highest BCUT2D eigenvalue weighted by Crippen LogP contribution is 2.32. The Morgan fingerprint density at radius 2 is 1.72 bits per heavy atom. The van der Waals surface area contributed by atoms with E-state index in [1.807, 2.05) is 0 Å². The number of aromatic carboxylic acids is 1. The minimum atomic E-state index is -0.917. The van der Waals surface area contributed by atoms with Crippen LogP contribution < -0.4 is 9.64 Å². The van der Waals surface area contributed by atoms with Gasteiger partial charge in [0.25, 0.3) is 0 Å². The van der Waals surface area contributed by atoms with Gasteiger partial charge in [0, 0.05) is 13.6 Å². The summed E-state index contributed by atoms with van der Waals surface area (Å²) >= 11 is 0. The molecule has 0 aliphatic rings. The van der Waals surface area contributed by atoms with E-state index in [4.69, 9.17) is 9.84 Å². The zero-order chi connectivity index (χ0) is 18.6. The number of anilines is 1. The number of hydrogen-bond donors (Lipinski definition) is 1. The summed E-state index contributed by atoms with van der Waals surface area (Å²) in [5, 5.41) is 8.97. The van der Waals surface area contributed by atoms with Crippen molar-refractivity contribution in [2.24, 2.45) is 5.92 Å². The van der Waals surface area contributed by atoms with Crippen molar-refractivity contribution in [2.75, 3.05) is 18.5 Å². The van der Waals surface area contributed by atoms with Crippen LogP contribution in [0, 0.1) is 19.8 Å². The molecule has 4 heteroatoms. The largest absolute Gasteiger partial charge is 0.487 e. The van der Waals surface area contributed by atoms with Gasteiger partial charge in [0.15, 0.2) is 0 Å². The first-order valence-electron chi connectivity index (χ1n) is 8.55. The fourth-order valence-electron chi connectivity index (χ4n) is 2.74. The van der Waals surface area contributed by atoms with Gasteiger partial charge in [-0.2, -0.15) is 0 Å². The van der Waals surface area contributed by atoms with Gasteiger partial charge in [0.1, 0.15) is 12.4 Å². The Morgan fingerprint density at radius 1 is 1.12 bits per heavy atom. The lowest BCUT2D eigenvalue weighted by molar-refractivity contribution is 0.0697. The van der Waals surface area contributed by atoms with Crippen LogP contribution in [0.2, 0.25) is 0 Å². The van der Waals surface area contributed by atoms with Gasteiger partial charge in [-0.05, 0) is 60.7 Å². The second-order valence-electron chi connectivity index (χ2n) is 6.97. The molecule has 1 N–H and O–H groups in total. The summed E-state index contributed by atoms with van der Waals surface area (Å²) in [6.07, 6.45) is 0. The maximum Gasteiger partial charge on any atom is 0.335 e. The van der Waals surface area contributed by atoms with Crippen molar-refractivity contribution in [1.82, 2.24) is 0 Å². The topological polar surface area (TPSA) is 49.8 Å². The average molecular weight is 341 g/mol. The van der Waals surface area contributed by atoms with Crippen molar-refractivity contribution in [3.8, 4) is 5.75 Å². The zero-order valence-corrected chi connectivity index (χ0v) is 15.7. The lowest BCUT2D eigenvalue weighted by Gasteiger charge is -2.25. The minimum absolute atomic E-state index is 0.285. The Kier molecular flexibility index (Phi) is 6.07. The van der Waals surface area contributed by atoms with E-state index in [1.54, 1.807) is 24.3 Å². The SMILES string of the molecule is Cc1cc(OCc2ccc(C(=O)O)cc2)c(N(C)CC(C)C)cc1C. The summed E-state index contributed by atoms with van der Waals surface area (Å²) in [5.41, 5.74) is 4.74. The number of carboxylic acids is 1. The third-order valence-electron chi connectivity index (χ3n) is 4.22. The van der Waals surface area contributed by atoms with Crippen LogP contribution in [0.3, 0.4) is 0 Å². The summed E-state index contributed by atoms with van der Waals surface area (Å²) in [7, 11) is 2.08. The van der Waals surface area contributed by atoms with E-state index in [9.17, 15) is 4.79 Å². The van der Waals surface area contributed by atoms with Crippen LogP contribution in [0.5, 0.6) is 5.75 Å². The molecule has 0 aliphatic heterocycles. The van der Waals surface area contributed by atoms with Crippen molar-refractivity contribution in [1.29, 1.82) is 0 Å². The quantitative estimate of drug-likeness (QED) is 0.795. The van der Waals surface area contributed by atoms with E-state index in [0.717, 1.165) is 23.5 Å².